The van der Waals surface area contributed by atoms with Crippen molar-refractivity contribution in [2.75, 3.05) is 6.54 Å². The summed E-state index contributed by atoms with van der Waals surface area (Å²) in [7, 11) is 0. The molecule has 13 heavy (non-hydrogen) atoms. The van der Waals surface area contributed by atoms with Crippen LogP contribution in [0, 0.1) is 5.92 Å². The number of hydrogen-bond acceptors (Lipinski definition) is 2. The third-order valence-corrected chi connectivity index (χ3v) is 2.77. The molecule has 1 saturated carbocycles. The van der Waals surface area contributed by atoms with Gasteiger partial charge in [-0.2, -0.15) is 0 Å². The van der Waals surface area contributed by atoms with Gasteiger partial charge >= 0.3 is 5.97 Å². The summed E-state index contributed by atoms with van der Waals surface area (Å²) in [5, 5.41) is 11.8. The highest BCUT2D eigenvalue weighted by Crippen LogP contribution is 2.25. The maximum absolute atomic E-state index is 10.3. The minimum atomic E-state index is -0.697. The van der Waals surface area contributed by atoms with E-state index in [1.54, 1.807) is 0 Å². The summed E-state index contributed by atoms with van der Waals surface area (Å²) in [6.45, 7) is 3.13. The molecule has 0 aromatic rings. The van der Waals surface area contributed by atoms with E-state index in [4.69, 9.17) is 5.11 Å². The van der Waals surface area contributed by atoms with E-state index >= 15 is 0 Å². The lowest BCUT2D eigenvalue weighted by atomic mass is 9.85. The number of hydrogen-bond donors (Lipinski definition) is 2. The van der Waals surface area contributed by atoms with Gasteiger partial charge in [-0.25, -0.2) is 0 Å². The van der Waals surface area contributed by atoms with E-state index < -0.39 is 5.97 Å². The Morgan fingerprint density at radius 3 is 2.77 bits per heavy atom. The summed E-state index contributed by atoms with van der Waals surface area (Å²) in [5.41, 5.74) is 0. The second-order valence-corrected chi connectivity index (χ2v) is 4.04. The van der Waals surface area contributed by atoms with E-state index in [1.165, 1.54) is 19.3 Å². The first-order valence-corrected chi connectivity index (χ1v) is 5.13. The highest BCUT2D eigenvalue weighted by atomic mass is 16.4. The van der Waals surface area contributed by atoms with Crippen LogP contribution in [-0.2, 0) is 4.79 Å². The van der Waals surface area contributed by atoms with Crippen molar-refractivity contribution in [3.05, 3.63) is 0 Å². The molecule has 2 N–H and O–H groups in total. The number of carboxylic acid groups (broad SMARTS) is 1. The van der Waals surface area contributed by atoms with Gasteiger partial charge in [0.25, 0.3) is 0 Å². The zero-order valence-corrected chi connectivity index (χ0v) is 8.25. The molecule has 0 bridgehead atoms. The Morgan fingerprint density at radius 1 is 1.62 bits per heavy atom. The Hall–Kier alpha value is -0.570. The predicted octanol–water partition coefficient (Wildman–Crippen LogP) is 1.63. The third kappa shape index (κ3) is 4.27. The standard InChI is InChI=1S/C10H19NO2/c1-8(5-6-10(12)13)11-7-9-3-2-4-9/h8-9,11H,2-7H2,1H3,(H,12,13). The van der Waals surface area contributed by atoms with Gasteiger partial charge in [-0.15, -0.1) is 0 Å². The normalized spacial score (nSPS) is 19.5. The van der Waals surface area contributed by atoms with Crippen LogP contribution in [0.3, 0.4) is 0 Å². The van der Waals surface area contributed by atoms with Gasteiger partial charge in [0.1, 0.15) is 0 Å². The fourth-order valence-electron chi connectivity index (χ4n) is 1.51. The van der Waals surface area contributed by atoms with E-state index in [9.17, 15) is 4.79 Å². The Balaban J connectivity index is 1.96. The van der Waals surface area contributed by atoms with E-state index in [0.717, 1.165) is 18.9 Å². The molecule has 0 aromatic heterocycles. The smallest absolute Gasteiger partial charge is 0.303 e. The van der Waals surface area contributed by atoms with Gasteiger partial charge in [0.15, 0.2) is 0 Å². The average Bonchev–Trinajstić information content (AvgIpc) is 1.98. The van der Waals surface area contributed by atoms with E-state index in [-0.39, 0.29) is 6.42 Å². The molecule has 0 amide bonds. The molecule has 1 aliphatic rings. The first kappa shape index (κ1) is 10.5. The molecule has 0 spiro atoms. The zero-order chi connectivity index (χ0) is 9.68. The number of carboxylic acids is 1. The Bertz CT molecular complexity index is 166. The summed E-state index contributed by atoms with van der Waals surface area (Å²) in [4.78, 5) is 10.3. The summed E-state index contributed by atoms with van der Waals surface area (Å²) < 4.78 is 0. The Morgan fingerprint density at radius 2 is 2.31 bits per heavy atom. The molecule has 0 aromatic carbocycles. The summed E-state index contributed by atoms with van der Waals surface area (Å²) in [6, 6.07) is 0.344. The summed E-state index contributed by atoms with van der Waals surface area (Å²) in [5.74, 6) is 0.157. The number of nitrogens with one attached hydrogen (secondary N) is 1. The quantitative estimate of drug-likeness (QED) is 0.661. The monoisotopic (exact) mass is 185 g/mol. The maximum Gasteiger partial charge on any atom is 0.303 e. The molecule has 1 rings (SSSR count). The predicted molar refractivity (Wildman–Crippen MR) is 51.7 cm³/mol. The molecule has 1 unspecified atom stereocenters. The molecule has 3 nitrogen and oxygen atoms in total. The highest BCUT2D eigenvalue weighted by Gasteiger charge is 2.17. The van der Waals surface area contributed by atoms with Crippen LogP contribution in [0.5, 0.6) is 0 Å². The van der Waals surface area contributed by atoms with Crippen molar-refractivity contribution in [1.82, 2.24) is 5.32 Å². The first-order chi connectivity index (χ1) is 6.18. The van der Waals surface area contributed by atoms with Gasteiger partial charge < -0.3 is 10.4 Å². The van der Waals surface area contributed by atoms with Crippen LogP contribution in [0.2, 0.25) is 0 Å². The second-order valence-electron chi connectivity index (χ2n) is 4.04. The van der Waals surface area contributed by atoms with Gasteiger partial charge in [-0.1, -0.05) is 6.42 Å². The SMILES string of the molecule is CC(CCC(=O)O)NCC1CCC1. The van der Waals surface area contributed by atoms with Crippen LogP contribution < -0.4 is 5.32 Å². The summed E-state index contributed by atoms with van der Waals surface area (Å²) in [6.07, 6.45) is 5.08. The largest absolute Gasteiger partial charge is 0.481 e. The fraction of sp³-hybridized carbons (Fsp3) is 0.900. The maximum atomic E-state index is 10.3. The van der Waals surface area contributed by atoms with Crippen LogP contribution in [0.25, 0.3) is 0 Å². The van der Waals surface area contributed by atoms with Crippen molar-refractivity contribution in [2.24, 2.45) is 5.92 Å². The van der Waals surface area contributed by atoms with Crippen molar-refractivity contribution in [1.29, 1.82) is 0 Å². The molecule has 1 atom stereocenters. The zero-order valence-electron chi connectivity index (χ0n) is 8.25. The molecule has 0 saturated heterocycles. The van der Waals surface area contributed by atoms with E-state index in [0.29, 0.717) is 6.04 Å². The topological polar surface area (TPSA) is 49.3 Å². The molecule has 1 fully saturated rings. The fourth-order valence-corrected chi connectivity index (χ4v) is 1.51. The lowest BCUT2D eigenvalue weighted by Crippen LogP contribution is -2.34. The van der Waals surface area contributed by atoms with Gasteiger partial charge in [-0.3, -0.25) is 4.79 Å². The molecular weight excluding hydrogens is 166 g/mol. The second kappa shape index (κ2) is 5.22. The molecule has 0 heterocycles. The molecule has 3 heteroatoms. The van der Waals surface area contributed by atoms with Crippen LogP contribution in [0.1, 0.15) is 39.0 Å². The summed E-state index contributed by atoms with van der Waals surface area (Å²) >= 11 is 0. The van der Waals surface area contributed by atoms with Gasteiger partial charge in [0.05, 0.1) is 0 Å². The van der Waals surface area contributed by atoms with Gasteiger partial charge in [0.2, 0.25) is 0 Å². The van der Waals surface area contributed by atoms with Gasteiger partial charge in [0, 0.05) is 12.5 Å². The molecule has 0 aliphatic heterocycles. The van der Waals surface area contributed by atoms with Crippen LogP contribution >= 0.6 is 0 Å². The molecule has 76 valence electrons. The number of carbonyl (C=O) groups is 1. The Kier molecular flexibility index (Phi) is 4.22. The average molecular weight is 185 g/mol. The minimum Gasteiger partial charge on any atom is -0.481 e. The number of rotatable bonds is 6. The molecule has 0 radical (unpaired) electrons. The van der Waals surface area contributed by atoms with E-state index in [1.807, 2.05) is 0 Å². The molecule has 1 aliphatic carbocycles. The van der Waals surface area contributed by atoms with Crippen molar-refractivity contribution < 1.29 is 9.90 Å². The van der Waals surface area contributed by atoms with Crippen molar-refractivity contribution in [3.8, 4) is 0 Å². The highest BCUT2D eigenvalue weighted by molar-refractivity contribution is 5.66. The van der Waals surface area contributed by atoms with Crippen molar-refractivity contribution in [3.63, 3.8) is 0 Å². The van der Waals surface area contributed by atoms with Crippen LogP contribution in [-0.4, -0.2) is 23.7 Å². The third-order valence-electron chi connectivity index (χ3n) is 2.77. The number of aliphatic carboxylic acids is 1. The van der Waals surface area contributed by atoms with E-state index in [2.05, 4.69) is 12.2 Å². The Labute approximate surface area is 79.5 Å². The van der Waals surface area contributed by atoms with Crippen LogP contribution in [0.15, 0.2) is 0 Å². The van der Waals surface area contributed by atoms with Gasteiger partial charge in [-0.05, 0) is 38.6 Å². The lowest BCUT2D eigenvalue weighted by Gasteiger charge is -2.27. The van der Waals surface area contributed by atoms with Crippen molar-refractivity contribution >= 4 is 5.97 Å². The van der Waals surface area contributed by atoms with Crippen LogP contribution in [0.4, 0.5) is 0 Å². The molecular formula is C10H19NO2. The van der Waals surface area contributed by atoms with Crippen molar-refractivity contribution in [2.45, 2.75) is 45.1 Å². The lowest BCUT2D eigenvalue weighted by molar-refractivity contribution is -0.137. The minimum absolute atomic E-state index is 0.277. The first-order valence-electron chi connectivity index (χ1n) is 5.13.